The summed E-state index contributed by atoms with van der Waals surface area (Å²) in [5, 5.41) is 17.7. The van der Waals surface area contributed by atoms with Gasteiger partial charge in [0, 0.05) is 55.4 Å². The van der Waals surface area contributed by atoms with Gasteiger partial charge >= 0.3 is 0 Å². The Labute approximate surface area is 185 Å². The van der Waals surface area contributed by atoms with E-state index in [1.807, 2.05) is 29.2 Å². The fourth-order valence-electron chi connectivity index (χ4n) is 4.79. The molecule has 1 fully saturated rings. The number of carbonyl (C=O) groups excluding carboxylic acids is 1. The number of carbonyl (C=O) groups is 1. The zero-order valence-corrected chi connectivity index (χ0v) is 18.2. The molecule has 0 unspecified atom stereocenters. The van der Waals surface area contributed by atoms with Crippen molar-refractivity contribution in [1.82, 2.24) is 9.91 Å². The number of likely N-dealkylation sites (tertiary alicyclic amines) is 1. The second-order valence-electron chi connectivity index (χ2n) is 8.23. The molecule has 2 aromatic rings. The number of ether oxygens (including phenoxy) is 2. The number of hydrazone groups is 1. The third-order valence-corrected chi connectivity index (χ3v) is 6.70. The van der Waals surface area contributed by atoms with Crippen LogP contribution >= 0.6 is 11.6 Å². The molecular formula is C23H24ClN3O4. The van der Waals surface area contributed by atoms with Crippen molar-refractivity contribution in [2.24, 2.45) is 5.10 Å². The number of phenols is 1. The fraction of sp³-hybridized carbons (Fsp3) is 0.391. The minimum absolute atomic E-state index is 0.0128. The largest absolute Gasteiger partial charge is 0.504 e. The molecule has 8 heteroatoms. The summed E-state index contributed by atoms with van der Waals surface area (Å²) in [6.07, 6.45) is 2.02. The number of fused-ring (bicyclic) bond motifs is 4. The zero-order chi connectivity index (χ0) is 21.8. The van der Waals surface area contributed by atoms with Gasteiger partial charge in [-0.3, -0.25) is 4.79 Å². The van der Waals surface area contributed by atoms with Gasteiger partial charge in [-0.25, -0.2) is 5.01 Å². The maximum Gasteiger partial charge on any atom is 0.219 e. The van der Waals surface area contributed by atoms with E-state index in [1.54, 1.807) is 19.1 Å². The molecule has 1 amide bonds. The molecule has 3 heterocycles. The van der Waals surface area contributed by atoms with Crippen LogP contribution in [0.1, 0.15) is 43.4 Å². The topological polar surface area (TPSA) is 74.6 Å². The number of aromatic hydroxyl groups is 1. The van der Waals surface area contributed by atoms with Crippen LogP contribution in [0.25, 0.3) is 0 Å². The number of benzene rings is 2. The first-order valence-electron chi connectivity index (χ1n) is 10.4. The lowest BCUT2D eigenvalue weighted by atomic mass is 9.90. The molecule has 7 nitrogen and oxygen atoms in total. The molecule has 3 aliphatic heterocycles. The van der Waals surface area contributed by atoms with Crippen molar-refractivity contribution in [2.45, 2.75) is 38.0 Å². The zero-order valence-electron chi connectivity index (χ0n) is 17.5. The maximum atomic E-state index is 11.9. The molecule has 1 saturated heterocycles. The molecule has 0 saturated carbocycles. The Morgan fingerprint density at radius 3 is 2.74 bits per heavy atom. The Morgan fingerprint density at radius 2 is 2.03 bits per heavy atom. The molecule has 2 aromatic carbocycles. The summed E-state index contributed by atoms with van der Waals surface area (Å²) in [5.41, 5.74) is 2.19. The lowest BCUT2D eigenvalue weighted by molar-refractivity contribution is -0.158. The Hall–Kier alpha value is -2.93. The predicted molar refractivity (Wildman–Crippen MR) is 117 cm³/mol. The van der Waals surface area contributed by atoms with Crippen LogP contribution in [0.2, 0.25) is 5.02 Å². The number of piperidine rings is 1. The fourth-order valence-corrected chi connectivity index (χ4v) is 4.97. The lowest BCUT2D eigenvalue weighted by Crippen LogP contribution is -2.59. The van der Waals surface area contributed by atoms with Gasteiger partial charge in [0.05, 0.1) is 18.9 Å². The summed E-state index contributed by atoms with van der Waals surface area (Å²) in [5.74, 6) is 1.41. The van der Waals surface area contributed by atoms with E-state index in [4.69, 9.17) is 26.2 Å². The van der Waals surface area contributed by atoms with Crippen LogP contribution in [-0.2, 0) is 4.79 Å². The third-order valence-electron chi connectivity index (χ3n) is 6.46. The average Bonchev–Trinajstić information content (AvgIpc) is 3.22. The van der Waals surface area contributed by atoms with Gasteiger partial charge < -0.3 is 19.5 Å². The van der Waals surface area contributed by atoms with E-state index < -0.39 is 5.72 Å². The average molecular weight is 442 g/mol. The number of amides is 1. The molecule has 3 aliphatic rings. The molecule has 0 aromatic heterocycles. The highest BCUT2D eigenvalue weighted by Gasteiger charge is 2.52. The standard InChI is InChI=1S/C23H24ClN3O4/c1-14(28)26-9-7-23(8-10-26)27-19(17-12-16(24)4-6-21(17)31-23)13-18(25-27)15-3-5-20(29)22(11-15)30-2/h3-6,11-12,19,29H,7-10,13H2,1-2H3/t19-/m0/s1. The van der Waals surface area contributed by atoms with E-state index in [0.29, 0.717) is 43.1 Å². The van der Waals surface area contributed by atoms with Gasteiger partial charge in [-0.2, -0.15) is 5.10 Å². The minimum Gasteiger partial charge on any atom is -0.504 e. The molecule has 162 valence electrons. The summed E-state index contributed by atoms with van der Waals surface area (Å²) >= 11 is 6.31. The van der Waals surface area contributed by atoms with Crippen LogP contribution in [-0.4, -0.2) is 52.6 Å². The van der Waals surface area contributed by atoms with Gasteiger partial charge in [0.1, 0.15) is 5.75 Å². The first-order chi connectivity index (χ1) is 14.9. The number of hydrogen-bond donors (Lipinski definition) is 1. The Kier molecular flexibility index (Phi) is 4.73. The van der Waals surface area contributed by atoms with Crippen molar-refractivity contribution in [2.75, 3.05) is 20.2 Å². The number of nitrogens with zero attached hydrogens (tertiary/aromatic N) is 3. The highest BCUT2D eigenvalue weighted by molar-refractivity contribution is 6.30. The highest BCUT2D eigenvalue weighted by atomic mass is 35.5. The summed E-state index contributed by atoms with van der Waals surface area (Å²) < 4.78 is 11.8. The van der Waals surface area contributed by atoms with Gasteiger partial charge in [-0.15, -0.1) is 0 Å². The van der Waals surface area contributed by atoms with Gasteiger partial charge in [0.2, 0.25) is 11.6 Å². The van der Waals surface area contributed by atoms with Gasteiger partial charge in [0.15, 0.2) is 11.5 Å². The quantitative estimate of drug-likeness (QED) is 0.764. The number of methoxy groups -OCH3 is 1. The van der Waals surface area contributed by atoms with Gasteiger partial charge in [0.25, 0.3) is 0 Å². The van der Waals surface area contributed by atoms with Crippen molar-refractivity contribution in [3.63, 3.8) is 0 Å². The van der Waals surface area contributed by atoms with Gasteiger partial charge in [-0.1, -0.05) is 11.6 Å². The van der Waals surface area contributed by atoms with E-state index in [-0.39, 0.29) is 17.7 Å². The monoisotopic (exact) mass is 441 g/mol. The number of rotatable bonds is 2. The van der Waals surface area contributed by atoms with E-state index >= 15 is 0 Å². The first-order valence-corrected chi connectivity index (χ1v) is 10.8. The van der Waals surface area contributed by atoms with Crippen molar-refractivity contribution < 1.29 is 19.4 Å². The molecule has 1 N–H and O–H groups in total. The van der Waals surface area contributed by atoms with Crippen LogP contribution in [0.15, 0.2) is 41.5 Å². The van der Waals surface area contributed by atoms with E-state index in [9.17, 15) is 9.90 Å². The highest BCUT2D eigenvalue weighted by Crippen LogP contribution is 2.50. The molecule has 0 radical (unpaired) electrons. The number of halogens is 1. The molecule has 5 rings (SSSR count). The van der Waals surface area contributed by atoms with Crippen LogP contribution < -0.4 is 9.47 Å². The second-order valence-corrected chi connectivity index (χ2v) is 8.67. The molecule has 0 aliphatic carbocycles. The maximum absolute atomic E-state index is 11.9. The Bertz CT molecular complexity index is 1080. The molecule has 1 atom stereocenters. The minimum atomic E-state index is -0.611. The number of hydrogen-bond acceptors (Lipinski definition) is 6. The van der Waals surface area contributed by atoms with Crippen LogP contribution in [0.5, 0.6) is 17.2 Å². The van der Waals surface area contributed by atoms with Crippen molar-refractivity contribution in [3.05, 3.63) is 52.5 Å². The van der Waals surface area contributed by atoms with Crippen molar-refractivity contribution >= 4 is 23.2 Å². The summed E-state index contributed by atoms with van der Waals surface area (Å²) in [6.45, 7) is 2.85. The second kappa shape index (κ2) is 7.34. The number of phenolic OH excluding ortho intramolecular Hbond substituents is 1. The van der Waals surface area contributed by atoms with E-state index in [2.05, 4.69) is 5.01 Å². The SMILES string of the molecule is COc1cc(C2=NN3[C@@H](C2)c2cc(Cl)ccc2OC32CCN(C(C)=O)CC2)ccc1O. The Balaban J connectivity index is 1.55. The molecular weight excluding hydrogens is 418 g/mol. The normalized spacial score (nSPS) is 21.3. The molecule has 1 spiro atoms. The first kappa shape index (κ1) is 20.0. The van der Waals surface area contributed by atoms with Crippen LogP contribution in [0, 0.1) is 0 Å². The third kappa shape index (κ3) is 3.28. The summed E-state index contributed by atoms with van der Waals surface area (Å²) in [6, 6.07) is 11.0. The van der Waals surface area contributed by atoms with Crippen LogP contribution in [0.3, 0.4) is 0 Å². The lowest BCUT2D eigenvalue weighted by Gasteiger charge is -2.51. The van der Waals surface area contributed by atoms with Crippen molar-refractivity contribution in [3.8, 4) is 17.2 Å². The molecule has 0 bridgehead atoms. The predicted octanol–water partition coefficient (Wildman–Crippen LogP) is 3.94. The Morgan fingerprint density at radius 1 is 1.26 bits per heavy atom. The van der Waals surface area contributed by atoms with Crippen LogP contribution in [0.4, 0.5) is 0 Å². The molecule has 31 heavy (non-hydrogen) atoms. The smallest absolute Gasteiger partial charge is 0.219 e. The van der Waals surface area contributed by atoms with Crippen molar-refractivity contribution in [1.29, 1.82) is 0 Å². The summed E-state index contributed by atoms with van der Waals surface area (Å²) in [4.78, 5) is 13.7. The van der Waals surface area contributed by atoms with Gasteiger partial charge in [-0.05, 0) is 36.4 Å². The van der Waals surface area contributed by atoms with E-state index in [0.717, 1.165) is 22.6 Å². The summed E-state index contributed by atoms with van der Waals surface area (Å²) in [7, 11) is 1.53. The van der Waals surface area contributed by atoms with E-state index in [1.165, 1.54) is 7.11 Å².